The zero-order chi connectivity index (χ0) is 15.4. The average Bonchev–Trinajstić information content (AvgIpc) is 2.84. The van der Waals surface area contributed by atoms with Gasteiger partial charge in [0.15, 0.2) is 0 Å². The number of anilines is 1. The highest BCUT2D eigenvalue weighted by Gasteiger charge is 2.15. The lowest BCUT2D eigenvalue weighted by molar-refractivity contribution is 0.101. The van der Waals surface area contributed by atoms with Gasteiger partial charge in [-0.1, -0.05) is 26.0 Å². The monoisotopic (exact) mass is 287 g/mol. The van der Waals surface area contributed by atoms with Gasteiger partial charge < -0.3 is 10.4 Å². The van der Waals surface area contributed by atoms with Crippen molar-refractivity contribution in [3.05, 3.63) is 47.3 Å². The zero-order valence-corrected chi connectivity index (χ0v) is 12.6. The van der Waals surface area contributed by atoms with E-state index in [1.165, 1.54) is 0 Å². The molecule has 0 spiro atoms. The van der Waals surface area contributed by atoms with Crippen molar-refractivity contribution in [2.45, 2.75) is 26.2 Å². The lowest BCUT2D eigenvalue weighted by Gasteiger charge is -2.06. The number of aromatic nitrogens is 2. The Morgan fingerprint density at radius 3 is 2.52 bits per heavy atom. The van der Waals surface area contributed by atoms with Crippen LogP contribution >= 0.6 is 0 Å². The Morgan fingerprint density at radius 2 is 2.00 bits per heavy atom. The smallest absolute Gasteiger partial charge is 0.273 e. The Bertz CT molecular complexity index is 615. The van der Waals surface area contributed by atoms with Crippen molar-refractivity contribution in [2.75, 3.05) is 11.9 Å². The minimum absolute atomic E-state index is 0.124. The average molecular weight is 287 g/mol. The maximum absolute atomic E-state index is 12.3. The predicted molar refractivity (Wildman–Crippen MR) is 82.5 cm³/mol. The number of benzene rings is 1. The molecule has 1 amide bonds. The molecule has 0 radical (unpaired) electrons. The third kappa shape index (κ3) is 3.70. The summed E-state index contributed by atoms with van der Waals surface area (Å²) in [7, 11) is 1.77. The molecular weight excluding hydrogens is 266 g/mol. The van der Waals surface area contributed by atoms with E-state index in [1.54, 1.807) is 11.7 Å². The van der Waals surface area contributed by atoms with Crippen LogP contribution in [0.4, 0.5) is 5.69 Å². The highest BCUT2D eigenvalue weighted by Crippen LogP contribution is 2.16. The Hall–Kier alpha value is -2.14. The second-order valence-corrected chi connectivity index (χ2v) is 5.36. The van der Waals surface area contributed by atoms with Gasteiger partial charge >= 0.3 is 0 Å². The molecule has 0 fully saturated rings. The first-order chi connectivity index (χ1) is 10.0. The predicted octanol–water partition coefficient (Wildman–Crippen LogP) is 2.33. The summed E-state index contributed by atoms with van der Waals surface area (Å²) in [6.45, 7) is 4.21. The molecule has 21 heavy (non-hydrogen) atoms. The molecule has 0 bridgehead atoms. The number of hydrogen-bond acceptors (Lipinski definition) is 3. The second-order valence-electron chi connectivity index (χ2n) is 5.36. The number of aryl methyl sites for hydroxylation is 1. The van der Waals surface area contributed by atoms with Gasteiger partial charge in [0.25, 0.3) is 5.91 Å². The summed E-state index contributed by atoms with van der Waals surface area (Å²) in [5.74, 6) is 0.113. The Labute approximate surface area is 124 Å². The molecule has 0 aliphatic carbocycles. The van der Waals surface area contributed by atoms with E-state index in [9.17, 15) is 4.79 Å². The summed E-state index contributed by atoms with van der Waals surface area (Å²) in [6.07, 6.45) is 0.619. The molecule has 0 saturated carbocycles. The van der Waals surface area contributed by atoms with Gasteiger partial charge in [0.05, 0.1) is 5.69 Å². The quantitative estimate of drug-likeness (QED) is 0.887. The molecule has 1 aromatic heterocycles. The molecule has 0 aliphatic heterocycles. The van der Waals surface area contributed by atoms with Crippen molar-refractivity contribution in [1.82, 2.24) is 9.78 Å². The van der Waals surface area contributed by atoms with Crippen LogP contribution in [-0.2, 0) is 13.5 Å². The fourth-order valence-corrected chi connectivity index (χ4v) is 2.06. The summed E-state index contributed by atoms with van der Waals surface area (Å²) in [4.78, 5) is 12.3. The molecular formula is C16H21N3O2. The first-order valence-electron chi connectivity index (χ1n) is 7.06. The van der Waals surface area contributed by atoms with E-state index in [0.29, 0.717) is 12.1 Å². The molecule has 112 valence electrons. The number of carbonyl (C=O) groups is 1. The van der Waals surface area contributed by atoms with Gasteiger partial charge in [-0.15, -0.1) is 0 Å². The Balaban J connectivity index is 2.10. The van der Waals surface area contributed by atoms with E-state index in [-0.39, 0.29) is 18.4 Å². The molecule has 0 aliphatic rings. The molecule has 1 aromatic carbocycles. The van der Waals surface area contributed by atoms with Gasteiger partial charge in [0, 0.05) is 19.3 Å². The van der Waals surface area contributed by atoms with Gasteiger partial charge in [-0.25, -0.2) is 0 Å². The highest BCUT2D eigenvalue weighted by atomic mass is 16.3. The number of nitrogens with one attached hydrogen (secondary N) is 1. The van der Waals surface area contributed by atoms with Crippen LogP contribution in [0.1, 0.15) is 41.5 Å². The van der Waals surface area contributed by atoms with Crippen molar-refractivity contribution in [1.29, 1.82) is 0 Å². The van der Waals surface area contributed by atoms with Crippen molar-refractivity contribution < 1.29 is 9.90 Å². The second kappa shape index (κ2) is 6.54. The molecule has 0 atom stereocenters. The van der Waals surface area contributed by atoms with Gasteiger partial charge in [0.1, 0.15) is 5.69 Å². The first-order valence-corrected chi connectivity index (χ1v) is 7.06. The molecule has 2 rings (SSSR count). The fraction of sp³-hybridized carbons (Fsp3) is 0.375. The summed E-state index contributed by atoms with van der Waals surface area (Å²) in [6, 6.07) is 9.29. The maximum Gasteiger partial charge on any atom is 0.273 e. The Morgan fingerprint density at radius 1 is 1.33 bits per heavy atom. The number of aliphatic hydroxyl groups is 1. The molecule has 2 aromatic rings. The molecule has 1 heterocycles. The van der Waals surface area contributed by atoms with Gasteiger partial charge in [-0.2, -0.15) is 5.10 Å². The summed E-state index contributed by atoms with van der Waals surface area (Å²) < 4.78 is 1.60. The van der Waals surface area contributed by atoms with Crippen LogP contribution in [0, 0.1) is 0 Å². The van der Waals surface area contributed by atoms with Crippen LogP contribution in [0.2, 0.25) is 0 Å². The number of aliphatic hydroxyl groups excluding tert-OH is 1. The van der Waals surface area contributed by atoms with E-state index in [4.69, 9.17) is 5.11 Å². The number of carbonyl (C=O) groups excluding carboxylic acids is 1. The third-order valence-corrected chi connectivity index (χ3v) is 3.34. The van der Waals surface area contributed by atoms with Gasteiger partial charge in [-0.3, -0.25) is 9.48 Å². The minimum Gasteiger partial charge on any atom is -0.396 e. The van der Waals surface area contributed by atoms with Crippen molar-refractivity contribution in [3.63, 3.8) is 0 Å². The van der Waals surface area contributed by atoms with E-state index in [1.807, 2.05) is 44.2 Å². The van der Waals surface area contributed by atoms with Crippen LogP contribution in [0.25, 0.3) is 0 Å². The van der Waals surface area contributed by atoms with Crippen LogP contribution in [0.5, 0.6) is 0 Å². The molecule has 5 nitrogen and oxygen atoms in total. The maximum atomic E-state index is 12.3. The van der Waals surface area contributed by atoms with E-state index in [2.05, 4.69) is 10.4 Å². The van der Waals surface area contributed by atoms with Gasteiger partial charge in [-0.05, 0) is 36.1 Å². The van der Waals surface area contributed by atoms with Crippen molar-refractivity contribution in [2.24, 2.45) is 7.05 Å². The number of rotatable bonds is 5. The third-order valence-electron chi connectivity index (χ3n) is 3.34. The zero-order valence-electron chi connectivity index (χ0n) is 12.6. The van der Waals surface area contributed by atoms with Crippen LogP contribution in [0.15, 0.2) is 30.3 Å². The summed E-state index contributed by atoms with van der Waals surface area (Å²) in [5, 5.41) is 16.1. The topological polar surface area (TPSA) is 67.2 Å². The highest BCUT2D eigenvalue weighted by molar-refractivity contribution is 6.03. The molecule has 0 saturated heterocycles. The number of amides is 1. The van der Waals surface area contributed by atoms with Crippen molar-refractivity contribution in [3.8, 4) is 0 Å². The van der Waals surface area contributed by atoms with E-state index in [0.717, 1.165) is 16.9 Å². The molecule has 5 heteroatoms. The van der Waals surface area contributed by atoms with E-state index < -0.39 is 0 Å². The minimum atomic E-state index is -0.174. The van der Waals surface area contributed by atoms with E-state index >= 15 is 0 Å². The largest absolute Gasteiger partial charge is 0.396 e. The number of nitrogens with zero attached hydrogens (tertiary/aromatic N) is 2. The molecule has 0 unspecified atom stereocenters. The van der Waals surface area contributed by atoms with Crippen LogP contribution in [0.3, 0.4) is 0 Å². The number of hydrogen-bond donors (Lipinski definition) is 2. The van der Waals surface area contributed by atoms with Crippen LogP contribution in [-0.4, -0.2) is 27.4 Å². The fourth-order valence-electron chi connectivity index (χ4n) is 2.06. The van der Waals surface area contributed by atoms with Crippen LogP contribution < -0.4 is 5.32 Å². The summed E-state index contributed by atoms with van der Waals surface area (Å²) >= 11 is 0. The standard InChI is InChI=1S/C16H21N3O2/c1-11(2)14-10-15(19(3)18-14)16(21)17-13-6-4-12(5-7-13)8-9-20/h4-7,10-11,20H,8-9H2,1-3H3,(H,17,21). The lowest BCUT2D eigenvalue weighted by atomic mass is 10.1. The first kappa shape index (κ1) is 15.3. The molecule has 2 N–H and O–H groups in total. The normalized spacial score (nSPS) is 10.9. The lowest BCUT2D eigenvalue weighted by Crippen LogP contribution is -2.16. The van der Waals surface area contributed by atoms with Crippen molar-refractivity contribution >= 4 is 11.6 Å². The SMILES string of the molecule is CC(C)c1cc(C(=O)Nc2ccc(CCO)cc2)n(C)n1. The van der Waals surface area contributed by atoms with Gasteiger partial charge in [0.2, 0.25) is 0 Å². The Kier molecular flexibility index (Phi) is 4.75. The summed E-state index contributed by atoms with van der Waals surface area (Å²) in [5.41, 5.74) is 3.21.